The van der Waals surface area contributed by atoms with Crippen LogP contribution in [0, 0.1) is 71.0 Å². The monoisotopic (exact) mass is 1700 g/mol. The Kier molecular flexibility index (Phi) is 24.0. The van der Waals surface area contributed by atoms with E-state index in [-0.39, 0.29) is 190 Å². The number of ether oxygens (including phenoxy) is 12. The van der Waals surface area contributed by atoms with Crippen molar-refractivity contribution in [2.45, 2.75) is 260 Å². The average Bonchev–Trinajstić information content (AvgIpc) is 0.702. The summed E-state index contributed by atoms with van der Waals surface area (Å²) in [6, 6.07) is 1.35. The van der Waals surface area contributed by atoms with Crippen LogP contribution < -0.4 is 60.8 Å². The smallest absolute Gasteiger partial charge is 0.323 e. The molecule has 0 amide bonds. The summed E-state index contributed by atoms with van der Waals surface area (Å²) in [6.07, 6.45) is -12.1. The summed E-state index contributed by atoms with van der Waals surface area (Å²) in [5, 5.41) is 0. The molecule has 8 N–H and O–H groups in total. The third-order valence-corrected chi connectivity index (χ3v) is 23.2. The molecule has 24 nitrogen and oxygen atoms in total. The van der Waals surface area contributed by atoms with Crippen molar-refractivity contribution < 1.29 is 112 Å². The molecule has 8 heterocycles. The number of benzene rings is 4. The maximum atomic E-state index is 12.9. The largest absolute Gasteiger partial charge is 0.493 e. The predicted octanol–water partition coefficient (Wildman–Crippen LogP) is 14.3. The summed E-state index contributed by atoms with van der Waals surface area (Å²) >= 11 is 0. The molecule has 16 atom stereocenters. The van der Waals surface area contributed by atoms with Gasteiger partial charge in [-0.3, -0.25) is 38.8 Å². The fourth-order valence-electron chi connectivity index (χ4n) is 16.3. The van der Waals surface area contributed by atoms with E-state index in [9.17, 15) is 24.7 Å². The standard InChI is InChI=1S/4C24H38N2O4/c4*1-14(2)9-17-13-26-8-7-16-10-21(28-5)22(29-6)11-18(16)19(26)12-20(17)30-24(27)23(25)15(3)4/h4*10-11,14-15,17,19-20,23H,7-9,12-13,25H2,1-6H3/t4*17?,19?,20?,23-/m0000/s1/i5D3,7D2,8D2,20D;5D3,7D2,8D2,19D;2*7D2,8D2,19D. The van der Waals surface area contributed by atoms with Crippen LogP contribution in [0.3, 0.4) is 0 Å². The Balaban J connectivity index is 0.000000217. The lowest BCUT2D eigenvalue weighted by molar-refractivity contribution is -0.161. The predicted molar refractivity (Wildman–Crippen MR) is 471 cm³/mol. The first kappa shape index (κ1) is 65.5. The van der Waals surface area contributed by atoms with Gasteiger partial charge < -0.3 is 79.8 Å². The first-order valence-electron chi connectivity index (χ1n) is 55.1. The van der Waals surface area contributed by atoms with Gasteiger partial charge in [0.05, 0.1) is 70.4 Å². The number of carbonyl (C=O) groups is 4. The highest BCUT2D eigenvalue weighted by Gasteiger charge is 2.47. The number of rotatable bonds is 28. The van der Waals surface area contributed by atoms with Crippen molar-refractivity contribution in [2.75, 3.05) is 109 Å². The Hall–Kier alpha value is -7.16. The molecule has 8 aliphatic heterocycles. The van der Waals surface area contributed by atoms with Crippen molar-refractivity contribution in [3.8, 4) is 46.0 Å². The van der Waals surface area contributed by atoms with Crippen LogP contribution in [0.1, 0.15) is 266 Å². The maximum Gasteiger partial charge on any atom is 0.323 e. The van der Waals surface area contributed by atoms with Crippen LogP contribution in [0.2, 0.25) is 0 Å². The van der Waals surface area contributed by atoms with Crippen molar-refractivity contribution in [2.24, 2.45) is 93.9 Å². The fourth-order valence-corrected chi connectivity index (χ4v) is 16.3. The molecule has 4 fully saturated rings. The second-order valence-corrected chi connectivity index (χ2v) is 35.3. The lowest BCUT2D eigenvalue weighted by Gasteiger charge is -2.47. The minimum atomic E-state index is -2.87. The highest BCUT2D eigenvalue weighted by Crippen LogP contribution is 2.50. The van der Waals surface area contributed by atoms with Crippen LogP contribution in [0.25, 0.3) is 0 Å². The molecule has 4 saturated heterocycles. The Morgan fingerprint density at radius 1 is 0.350 bits per heavy atom. The topological polar surface area (TPSA) is 296 Å². The number of esters is 4. The lowest BCUT2D eigenvalue weighted by Crippen LogP contribution is -2.51. The first-order valence-corrected chi connectivity index (χ1v) is 42.1. The molecule has 24 heteroatoms. The highest BCUT2D eigenvalue weighted by atomic mass is 16.6. The zero-order valence-corrected chi connectivity index (χ0v) is 74.3. The minimum absolute atomic E-state index is 0.0248. The van der Waals surface area contributed by atoms with Crippen molar-refractivity contribution in [1.29, 1.82) is 0 Å². The SMILES string of the molecule is [2H]C([2H])([2H])Oc1cc2c(cc1OC)C1([2H])CC(OC(=O)[C@@H](N)C(C)C)C(CC(C)C)CN1C([2H])([2H])C2([2H])[2H].[2H]C([2H])([2H])Oc1cc2c(cc1OC)C1CC([2H])(OC(=O)[C@@H](N)C(C)C)C(CC(C)C)CN1C([2H])([2H])C2([2H])[2H].[2H]C12CC(OC(=O)[C@@H](N)C(C)C)C(CC(C)C)CN1C([2H])([2H])C([2H])([2H])c1cc(OC)c(OC)cc12.[2H]C12CC(OC(=O)[C@@H](N)C(C)C)C(CC(C)C)CN1C([2H])([2H])C([2H])([2H])c1cc(OC)c(OC)cc12. The van der Waals surface area contributed by atoms with E-state index in [2.05, 4.69) is 0 Å². The number of nitrogens with two attached hydrogens (primary N) is 4. The van der Waals surface area contributed by atoms with E-state index in [1.165, 1.54) is 86.5 Å². The van der Waals surface area contributed by atoms with E-state index in [0.717, 1.165) is 12.1 Å². The quantitative estimate of drug-likeness (QED) is 0.0303. The van der Waals surface area contributed by atoms with Gasteiger partial charge >= 0.3 is 23.9 Å². The normalized spacial score (nSPS) is 34.1. The van der Waals surface area contributed by atoms with Crippen molar-refractivity contribution in [3.05, 3.63) is 93.0 Å². The molecule has 0 radical (unpaired) electrons. The zero-order valence-electron chi connectivity index (χ0n) is 100. The van der Waals surface area contributed by atoms with Gasteiger partial charge in [-0.15, -0.1) is 0 Å². The van der Waals surface area contributed by atoms with E-state index in [1.54, 1.807) is 39.8 Å². The van der Waals surface area contributed by atoms with Gasteiger partial charge in [-0.2, -0.15) is 0 Å². The summed E-state index contributed by atoms with van der Waals surface area (Å²) in [5.41, 5.74) is 24.8. The van der Waals surface area contributed by atoms with Crippen molar-refractivity contribution >= 4 is 23.9 Å². The molecule has 0 spiro atoms. The van der Waals surface area contributed by atoms with Gasteiger partial charge in [-0.25, -0.2) is 0 Å². The summed E-state index contributed by atoms with van der Waals surface area (Å²) in [5.74, 6) is -3.31. The number of nitrogens with zero attached hydrogens (tertiary/aromatic N) is 4. The van der Waals surface area contributed by atoms with Crippen LogP contribution in [-0.4, -0.2) is 201 Å². The van der Waals surface area contributed by atoms with E-state index < -0.39 is 168 Å². The van der Waals surface area contributed by atoms with Gasteiger partial charge in [0.25, 0.3) is 0 Å². The van der Waals surface area contributed by atoms with Gasteiger partial charge in [0.15, 0.2) is 46.0 Å². The second kappa shape index (κ2) is 43.9. The van der Waals surface area contributed by atoms with Crippen LogP contribution in [0.15, 0.2) is 48.5 Å². The number of fused-ring (bicyclic) bond motifs is 12. The Morgan fingerprint density at radius 2 is 0.592 bits per heavy atom. The zero-order chi connectivity index (χ0) is 111. The van der Waals surface area contributed by atoms with E-state index >= 15 is 0 Å². The Bertz CT molecular complexity index is 5120. The molecule has 0 bridgehead atoms. The number of piperidine rings is 4. The van der Waals surface area contributed by atoms with Crippen molar-refractivity contribution in [1.82, 2.24) is 19.6 Å². The molecule has 0 saturated carbocycles. The number of methoxy groups -OCH3 is 8. The lowest BCUT2D eigenvalue weighted by atomic mass is 9.79. The maximum absolute atomic E-state index is 12.9. The molecule has 672 valence electrons. The highest BCUT2D eigenvalue weighted by molar-refractivity contribution is 5.77. The van der Waals surface area contributed by atoms with Crippen LogP contribution in [0.5, 0.6) is 46.0 Å². The number of hydrogen-bond acceptors (Lipinski definition) is 24. The molecular formula is C96H152N8O16. The molecule has 120 heavy (non-hydrogen) atoms. The average molecular weight is 1700 g/mol. The van der Waals surface area contributed by atoms with Gasteiger partial charge in [0.2, 0.25) is 0 Å². The molecule has 0 aromatic heterocycles. The first-order chi connectivity index (χ1) is 66.7. The molecule has 4 aromatic rings. The van der Waals surface area contributed by atoms with Gasteiger partial charge in [-0.05, 0) is 192 Å². The molecule has 0 aliphatic carbocycles. The third kappa shape index (κ3) is 23.8. The van der Waals surface area contributed by atoms with Crippen LogP contribution in [-0.2, 0) is 63.6 Å². The summed E-state index contributed by atoms with van der Waals surface area (Å²) < 4.78 is 289. The minimum Gasteiger partial charge on any atom is -0.493 e. The Morgan fingerprint density at radius 3 is 0.867 bits per heavy atom. The van der Waals surface area contributed by atoms with Gasteiger partial charge in [-0.1, -0.05) is 111 Å². The van der Waals surface area contributed by atoms with E-state index in [1.807, 2.05) is 83.1 Å². The fraction of sp³-hybridized carbons (Fsp3) is 0.708. The third-order valence-electron chi connectivity index (χ3n) is 23.2. The van der Waals surface area contributed by atoms with Crippen LogP contribution >= 0.6 is 0 Å². The van der Waals surface area contributed by atoms with Crippen molar-refractivity contribution in [3.63, 3.8) is 0 Å². The second-order valence-electron chi connectivity index (χ2n) is 35.3. The summed E-state index contributed by atoms with van der Waals surface area (Å²) in [4.78, 5) is 56.5. The van der Waals surface area contributed by atoms with Gasteiger partial charge in [0.1, 0.15) is 48.6 Å². The molecule has 12 rings (SSSR count). The molecular weight excluding hydrogens is 1520 g/mol. The number of aryl methyl sites for hydroxylation is 4. The van der Waals surface area contributed by atoms with E-state index in [0.29, 0.717) is 42.7 Å². The number of carbonyl (C=O) groups excluding carboxylic acids is 4. The van der Waals surface area contributed by atoms with Crippen LogP contribution in [0.4, 0.5) is 0 Å². The van der Waals surface area contributed by atoms with Gasteiger partial charge in [0, 0.05) is 148 Å². The molecule has 12 unspecified atom stereocenters. The Labute approximate surface area is 755 Å². The van der Waals surface area contributed by atoms with E-state index in [4.69, 9.17) is 110 Å². The summed E-state index contributed by atoms with van der Waals surface area (Å²) in [7, 11) is 2.63. The molecule has 4 aromatic carbocycles. The number of hydrogen-bond donors (Lipinski definition) is 4. The molecule has 8 aliphatic rings. The summed E-state index contributed by atoms with van der Waals surface area (Å²) in [6.45, 7) is 20.3.